The number of aromatic nitrogens is 1. The number of aliphatic imine (C=N–C) groups is 1. The Morgan fingerprint density at radius 1 is 1.18 bits per heavy atom. The Balaban J connectivity index is 1.69. The summed E-state index contributed by atoms with van der Waals surface area (Å²) in [5.41, 5.74) is 3.40. The highest BCUT2D eigenvalue weighted by Crippen LogP contribution is 2.34. The molecular formula is C23H19FN4O4S. The third-order valence-corrected chi connectivity index (χ3v) is 5.99. The molecule has 8 nitrogen and oxygen atoms in total. The van der Waals surface area contributed by atoms with E-state index in [1.807, 2.05) is 24.5 Å². The van der Waals surface area contributed by atoms with Crippen LogP contribution in [-0.4, -0.2) is 27.7 Å². The average molecular weight is 466 g/mol. The van der Waals surface area contributed by atoms with Crippen molar-refractivity contribution in [1.82, 2.24) is 9.88 Å². The molecule has 0 saturated carbocycles. The summed E-state index contributed by atoms with van der Waals surface area (Å²) in [5.74, 6) is -0.166. The van der Waals surface area contributed by atoms with E-state index in [-0.39, 0.29) is 17.4 Å². The molecule has 0 spiro atoms. The van der Waals surface area contributed by atoms with E-state index in [1.165, 1.54) is 55.3 Å². The number of aryl methyl sites for hydroxylation is 1. The SMILES string of the molecule is COc1ccc([N+](=O)[O-])cc1-n1c(C)cc(/C=C2/SC(=Nc3ccc(F)cc3)NC2=O)c1C. The van der Waals surface area contributed by atoms with Crippen LogP contribution in [0.25, 0.3) is 11.8 Å². The minimum atomic E-state index is -0.457. The molecule has 0 radical (unpaired) electrons. The first-order chi connectivity index (χ1) is 15.8. The highest BCUT2D eigenvalue weighted by Gasteiger charge is 2.25. The first kappa shape index (κ1) is 22.3. The number of methoxy groups -OCH3 is 1. The molecule has 168 valence electrons. The number of carbonyl (C=O) groups excluding carboxylic acids is 1. The van der Waals surface area contributed by atoms with Gasteiger partial charge in [0, 0.05) is 23.5 Å². The van der Waals surface area contributed by atoms with Gasteiger partial charge in [0.25, 0.3) is 11.6 Å². The molecular weight excluding hydrogens is 447 g/mol. The summed E-state index contributed by atoms with van der Waals surface area (Å²) in [6.07, 6.45) is 1.75. The number of halogens is 1. The van der Waals surface area contributed by atoms with Crippen molar-refractivity contribution in [3.63, 3.8) is 0 Å². The smallest absolute Gasteiger partial charge is 0.271 e. The molecule has 2 aromatic carbocycles. The molecule has 10 heteroatoms. The zero-order valence-electron chi connectivity index (χ0n) is 18.0. The second-order valence-corrected chi connectivity index (χ2v) is 8.26. The Labute approximate surface area is 192 Å². The van der Waals surface area contributed by atoms with Gasteiger partial charge in [0.1, 0.15) is 11.6 Å². The Morgan fingerprint density at radius 2 is 1.91 bits per heavy atom. The number of ether oxygens (including phenoxy) is 1. The molecule has 0 aliphatic carbocycles. The number of amidine groups is 1. The Hall–Kier alpha value is -3.92. The number of amides is 1. The number of rotatable bonds is 5. The predicted molar refractivity (Wildman–Crippen MR) is 126 cm³/mol. The van der Waals surface area contributed by atoms with Crippen LogP contribution >= 0.6 is 11.8 Å². The van der Waals surface area contributed by atoms with Crippen molar-refractivity contribution >= 4 is 40.3 Å². The third kappa shape index (κ3) is 4.51. The van der Waals surface area contributed by atoms with Crippen molar-refractivity contribution in [3.05, 3.63) is 86.3 Å². The topological polar surface area (TPSA) is 98.8 Å². The summed E-state index contributed by atoms with van der Waals surface area (Å²) >= 11 is 1.18. The molecule has 0 bridgehead atoms. The zero-order chi connectivity index (χ0) is 23.7. The van der Waals surface area contributed by atoms with Crippen molar-refractivity contribution in [1.29, 1.82) is 0 Å². The van der Waals surface area contributed by atoms with Crippen LogP contribution in [0.1, 0.15) is 17.0 Å². The Morgan fingerprint density at radius 3 is 2.58 bits per heavy atom. The van der Waals surface area contributed by atoms with E-state index in [1.54, 1.807) is 12.1 Å². The maximum atomic E-state index is 13.1. The van der Waals surface area contributed by atoms with E-state index in [9.17, 15) is 19.3 Å². The third-order valence-electron chi connectivity index (χ3n) is 5.08. The molecule has 4 rings (SSSR count). The van der Waals surface area contributed by atoms with Gasteiger partial charge in [0.05, 0.1) is 28.3 Å². The quantitative estimate of drug-likeness (QED) is 0.323. The van der Waals surface area contributed by atoms with Crippen molar-refractivity contribution < 1.29 is 18.8 Å². The van der Waals surface area contributed by atoms with Crippen LogP contribution in [0.4, 0.5) is 15.8 Å². The maximum Gasteiger partial charge on any atom is 0.271 e. The monoisotopic (exact) mass is 466 g/mol. The highest BCUT2D eigenvalue weighted by atomic mass is 32.2. The highest BCUT2D eigenvalue weighted by molar-refractivity contribution is 8.18. The average Bonchev–Trinajstić information content (AvgIpc) is 3.27. The summed E-state index contributed by atoms with van der Waals surface area (Å²) in [6.45, 7) is 3.74. The van der Waals surface area contributed by atoms with Crippen LogP contribution in [0.5, 0.6) is 5.75 Å². The molecule has 2 heterocycles. The van der Waals surface area contributed by atoms with E-state index >= 15 is 0 Å². The molecule has 1 saturated heterocycles. The predicted octanol–water partition coefficient (Wildman–Crippen LogP) is 5.04. The second-order valence-electron chi connectivity index (χ2n) is 7.23. The van der Waals surface area contributed by atoms with E-state index in [0.717, 1.165) is 17.0 Å². The van der Waals surface area contributed by atoms with Gasteiger partial charge in [-0.25, -0.2) is 9.38 Å². The van der Waals surface area contributed by atoms with Crippen molar-refractivity contribution in [3.8, 4) is 11.4 Å². The van der Waals surface area contributed by atoms with Crippen molar-refractivity contribution in [2.45, 2.75) is 13.8 Å². The fourth-order valence-corrected chi connectivity index (χ4v) is 4.36. The van der Waals surface area contributed by atoms with Gasteiger partial charge in [0.2, 0.25) is 0 Å². The molecule has 1 aliphatic rings. The largest absolute Gasteiger partial charge is 0.495 e. The lowest BCUT2D eigenvalue weighted by molar-refractivity contribution is -0.384. The van der Waals surface area contributed by atoms with Gasteiger partial charge in [0.15, 0.2) is 5.17 Å². The maximum absolute atomic E-state index is 13.1. The van der Waals surface area contributed by atoms with Crippen LogP contribution in [-0.2, 0) is 4.79 Å². The number of nitrogens with zero attached hydrogens (tertiary/aromatic N) is 3. The van der Waals surface area contributed by atoms with E-state index in [2.05, 4.69) is 10.3 Å². The minimum absolute atomic E-state index is 0.0504. The second kappa shape index (κ2) is 8.91. The van der Waals surface area contributed by atoms with Crippen LogP contribution < -0.4 is 10.1 Å². The first-order valence-corrected chi connectivity index (χ1v) is 10.7. The number of hydrogen-bond donors (Lipinski definition) is 1. The van der Waals surface area contributed by atoms with Gasteiger partial charge in [-0.15, -0.1) is 0 Å². The normalized spacial score (nSPS) is 15.8. The van der Waals surface area contributed by atoms with Crippen LogP contribution in [0, 0.1) is 29.8 Å². The van der Waals surface area contributed by atoms with Gasteiger partial charge in [-0.3, -0.25) is 14.9 Å². The number of non-ortho nitro benzene ring substituents is 1. The number of benzene rings is 2. The van der Waals surface area contributed by atoms with Gasteiger partial charge in [-0.2, -0.15) is 0 Å². The molecule has 3 aromatic rings. The summed E-state index contributed by atoms with van der Waals surface area (Å²) < 4.78 is 20.4. The lowest BCUT2D eigenvalue weighted by Gasteiger charge is -2.13. The number of nitro groups is 1. The summed E-state index contributed by atoms with van der Waals surface area (Å²) in [4.78, 5) is 28.1. The summed E-state index contributed by atoms with van der Waals surface area (Å²) in [6, 6.07) is 11.9. The fourth-order valence-electron chi connectivity index (χ4n) is 3.53. The number of hydrogen-bond acceptors (Lipinski definition) is 6. The molecule has 1 aliphatic heterocycles. The number of nitro benzene ring substituents is 1. The van der Waals surface area contributed by atoms with Gasteiger partial charge in [-0.1, -0.05) is 0 Å². The van der Waals surface area contributed by atoms with E-state index < -0.39 is 4.92 Å². The van der Waals surface area contributed by atoms with Crippen LogP contribution in [0.15, 0.2) is 58.4 Å². The molecule has 0 unspecified atom stereocenters. The van der Waals surface area contributed by atoms with Crippen LogP contribution in [0.2, 0.25) is 0 Å². The van der Waals surface area contributed by atoms with Crippen molar-refractivity contribution in [2.75, 3.05) is 7.11 Å². The molecule has 1 aromatic heterocycles. The fraction of sp³-hybridized carbons (Fsp3) is 0.130. The van der Waals surface area contributed by atoms with Crippen LogP contribution in [0.3, 0.4) is 0 Å². The van der Waals surface area contributed by atoms with Crippen molar-refractivity contribution in [2.24, 2.45) is 4.99 Å². The lowest BCUT2D eigenvalue weighted by atomic mass is 10.2. The Bertz CT molecular complexity index is 1330. The molecule has 1 fully saturated rings. The number of thioether (sulfide) groups is 1. The first-order valence-electron chi connectivity index (χ1n) is 9.83. The molecule has 0 atom stereocenters. The Kier molecular flexibility index (Phi) is 6.01. The van der Waals surface area contributed by atoms with Gasteiger partial charge < -0.3 is 14.6 Å². The minimum Gasteiger partial charge on any atom is -0.495 e. The van der Waals surface area contributed by atoms with E-state index in [0.29, 0.717) is 27.2 Å². The molecule has 1 N–H and O–H groups in total. The van der Waals surface area contributed by atoms with Gasteiger partial charge in [-0.05, 0) is 73.6 Å². The lowest BCUT2D eigenvalue weighted by Crippen LogP contribution is -2.19. The standard InChI is InChI=1S/C23H19FN4O4S/c1-13-10-15(14(2)27(13)19-12-18(28(30)31)8-9-20(19)32-3)11-21-22(29)26-23(33-21)25-17-6-4-16(24)5-7-17/h4-12H,1-3H3,(H,25,26,29)/b21-11+. The summed E-state index contributed by atoms with van der Waals surface area (Å²) in [7, 11) is 1.50. The zero-order valence-corrected chi connectivity index (χ0v) is 18.8. The molecule has 1 amide bonds. The van der Waals surface area contributed by atoms with E-state index in [4.69, 9.17) is 4.74 Å². The number of nitrogens with one attached hydrogen (secondary N) is 1. The molecule has 33 heavy (non-hydrogen) atoms. The summed E-state index contributed by atoms with van der Waals surface area (Å²) in [5, 5.41) is 14.4. The van der Waals surface area contributed by atoms with Gasteiger partial charge >= 0.3 is 0 Å². The number of carbonyl (C=O) groups is 1.